The van der Waals surface area contributed by atoms with Crippen LogP contribution >= 0.6 is 0 Å². The predicted molar refractivity (Wildman–Crippen MR) is 80.4 cm³/mol. The van der Waals surface area contributed by atoms with E-state index in [9.17, 15) is 8.42 Å². The number of ether oxygens (including phenoxy) is 1. The van der Waals surface area contributed by atoms with Crippen molar-refractivity contribution in [3.05, 3.63) is 18.3 Å². The molecule has 2 aliphatic heterocycles. The summed E-state index contributed by atoms with van der Waals surface area (Å²) in [6.45, 7) is 5.17. The first-order chi connectivity index (χ1) is 10.1. The van der Waals surface area contributed by atoms with Crippen LogP contribution in [0.4, 0.5) is 5.82 Å². The molecule has 0 N–H and O–H groups in total. The van der Waals surface area contributed by atoms with E-state index < -0.39 is 9.84 Å². The second-order valence-electron chi connectivity index (χ2n) is 5.63. The van der Waals surface area contributed by atoms with Crippen molar-refractivity contribution in [3.63, 3.8) is 0 Å². The first kappa shape index (κ1) is 14.7. The van der Waals surface area contributed by atoms with E-state index in [1.165, 1.54) is 6.26 Å². The van der Waals surface area contributed by atoms with Crippen molar-refractivity contribution in [2.45, 2.75) is 17.4 Å². The Morgan fingerprint density at radius 2 is 2.05 bits per heavy atom. The first-order valence-corrected chi connectivity index (χ1v) is 9.16. The largest absolute Gasteiger partial charge is 0.379 e. The molecule has 0 amide bonds. The van der Waals surface area contributed by atoms with Gasteiger partial charge in [-0.25, -0.2) is 13.4 Å². The minimum Gasteiger partial charge on any atom is -0.379 e. The summed E-state index contributed by atoms with van der Waals surface area (Å²) in [5, 5.41) is 0. The number of hydrogen-bond donors (Lipinski definition) is 0. The van der Waals surface area contributed by atoms with Gasteiger partial charge in [0.25, 0.3) is 0 Å². The molecule has 21 heavy (non-hydrogen) atoms. The van der Waals surface area contributed by atoms with Crippen LogP contribution in [0, 0.1) is 0 Å². The van der Waals surface area contributed by atoms with Gasteiger partial charge in [-0.2, -0.15) is 0 Å². The van der Waals surface area contributed by atoms with E-state index in [1.54, 1.807) is 18.3 Å². The summed E-state index contributed by atoms with van der Waals surface area (Å²) >= 11 is 0. The lowest BCUT2D eigenvalue weighted by Crippen LogP contribution is -2.44. The summed E-state index contributed by atoms with van der Waals surface area (Å²) in [5.74, 6) is 0.593. The van der Waals surface area contributed by atoms with Crippen LogP contribution in [0.15, 0.2) is 23.2 Å². The van der Waals surface area contributed by atoms with Crippen molar-refractivity contribution in [2.75, 3.05) is 50.5 Å². The average Bonchev–Trinajstić information content (AvgIpc) is 2.97. The standard InChI is InChI=1S/C14H21N3O3S/c1-21(18,19)13-3-2-5-15-14(13)17-6-4-12(11-17)16-7-9-20-10-8-16/h2-3,5,12H,4,6-11H2,1H3. The van der Waals surface area contributed by atoms with Gasteiger partial charge in [-0.15, -0.1) is 0 Å². The van der Waals surface area contributed by atoms with Crippen LogP contribution in [0.1, 0.15) is 6.42 Å². The van der Waals surface area contributed by atoms with E-state index in [4.69, 9.17) is 4.74 Å². The Labute approximate surface area is 125 Å². The van der Waals surface area contributed by atoms with E-state index in [0.29, 0.717) is 16.8 Å². The number of pyridine rings is 1. The predicted octanol–water partition coefficient (Wildman–Crippen LogP) is 0.396. The quantitative estimate of drug-likeness (QED) is 0.805. The van der Waals surface area contributed by atoms with Crippen LogP contribution in [0.5, 0.6) is 0 Å². The number of sulfone groups is 1. The molecule has 7 heteroatoms. The summed E-state index contributed by atoms with van der Waals surface area (Å²) in [7, 11) is -3.25. The average molecular weight is 311 g/mol. The molecule has 1 atom stereocenters. The highest BCUT2D eigenvalue weighted by Crippen LogP contribution is 2.27. The van der Waals surface area contributed by atoms with Gasteiger partial charge in [0, 0.05) is 44.7 Å². The number of hydrogen-bond acceptors (Lipinski definition) is 6. The van der Waals surface area contributed by atoms with Crippen LogP contribution in [0.2, 0.25) is 0 Å². The van der Waals surface area contributed by atoms with Crippen LogP contribution < -0.4 is 4.90 Å². The molecule has 1 unspecified atom stereocenters. The van der Waals surface area contributed by atoms with E-state index >= 15 is 0 Å². The fraction of sp³-hybridized carbons (Fsp3) is 0.643. The third-order valence-corrected chi connectivity index (χ3v) is 5.29. The van der Waals surface area contributed by atoms with Crippen molar-refractivity contribution in [1.29, 1.82) is 0 Å². The lowest BCUT2D eigenvalue weighted by molar-refractivity contribution is 0.0209. The molecule has 1 aromatic heterocycles. The second kappa shape index (κ2) is 5.90. The van der Waals surface area contributed by atoms with Gasteiger partial charge in [-0.1, -0.05) is 0 Å². The van der Waals surface area contributed by atoms with E-state index in [2.05, 4.69) is 14.8 Å². The van der Waals surface area contributed by atoms with Gasteiger partial charge in [0.05, 0.1) is 13.2 Å². The summed E-state index contributed by atoms with van der Waals surface area (Å²) in [6, 6.07) is 3.78. The monoisotopic (exact) mass is 311 g/mol. The summed E-state index contributed by atoms with van der Waals surface area (Å²) < 4.78 is 29.2. The van der Waals surface area contributed by atoms with Gasteiger partial charge < -0.3 is 9.64 Å². The molecule has 2 aliphatic rings. The number of anilines is 1. The molecule has 2 fully saturated rings. The van der Waals surface area contributed by atoms with Crippen LogP contribution in [0.3, 0.4) is 0 Å². The molecule has 0 spiro atoms. The zero-order valence-electron chi connectivity index (χ0n) is 12.2. The minimum absolute atomic E-state index is 0.327. The summed E-state index contributed by atoms with van der Waals surface area (Å²) in [6.07, 6.45) is 3.94. The molecule has 116 valence electrons. The lowest BCUT2D eigenvalue weighted by Gasteiger charge is -2.32. The van der Waals surface area contributed by atoms with Crippen molar-refractivity contribution in [2.24, 2.45) is 0 Å². The van der Waals surface area contributed by atoms with Crippen molar-refractivity contribution in [3.8, 4) is 0 Å². The highest BCUT2D eigenvalue weighted by molar-refractivity contribution is 7.90. The van der Waals surface area contributed by atoms with E-state index in [0.717, 1.165) is 45.8 Å². The molecule has 2 saturated heterocycles. The SMILES string of the molecule is CS(=O)(=O)c1cccnc1N1CCC(N2CCOCC2)C1. The molecule has 3 rings (SSSR count). The highest BCUT2D eigenvalue weighted by Gasteiger charge is 2.31. The molecule has 0 bridgehead atoms. The Bertz CT molecular complexity index is 599. The third-order valence-electron chi connectivity index (χ3n) is 4.18. The molecular formula is C14H21N3O3S. The van der Waals surface area contributed by atoms with Gasteiger partial charge in [-0.3, -0.25) is 4.90 Å². The molecule has 0 radical (unpaired) electrons. The van der Waals surface area contributed by atoms with Gasteiger partial charge in [-0.05, 0) is 18.6 Å². The third kappa shape index (κ3) is 3.20. The number of morpholine rings is 1. The van der Waals surface area contributed by atoms with Crippen LogP contribution in [0.25, 0.3) is 0 Å². The molecular weight excluding hydrogens is 290 g/mol. The van der Waals surface area contributed by atoms with Crippen LogP contribution in [-0.4, -0.2) is 70.0 Å². The van der Waals surface area contributed by atoms with Gasteiger partial charge in [0.2, 0.25) is 0 Å². The minimum atomic E-state index is -3.25. The fourth-order valence-corrected chi connectivity index (χ4v) is 3.92. The highest BCUT2D eigenvalue weighted by atomic mass is 32.2. The van der Waals surface area contributed by atoms with Gasteiger partial charge in [0.1, 0.15) is 10.7 Å². The fourth-order valence-electron chi connectivity index (χ4n) is 3.08. The zero-order valence-corrected chi connectivity index (χ0v) is 13.1. The molecule has 6 nitrogen and oxygen atoms in total. The Morgan fingerprint density at radius 3 is 2.76 bits per heavy atom. The molecule has 0 aliphatic carbocycles. The lowest BCUT2D eigenvalue weighted by atomic mass is 10.2. The first-order valence-electron chi connectivity index (χ1n) is 7.27. The zero-order chi connectivity index (χ0) is 14.9. The van der Waals surface area contributed by atoms with Gasteiger partial charge >= 0.3 is 0 Å². The van der Waals surface area contributed by atoms with E-state index in [1.807, 2.05) is 0 Å². The Morgan fingerprint density at radius 1 is 1.29 bits per heavy atom. The Kier molecular flexibility index (Phi) is 4.14. The molecule has 1 aromatic rings. The maximum Gasteiger partial charge on any atom is 0.179 e. The summed E-state index contributed by atoms with van der Waals surface area (Å²) in [4.78, 5) is 9.17. The second-order valence-corrected chi connectivity index (χ2v) is 7.62. The van der Waals surface area contributed by atoms with Crippen LogP contribution in [-0.2, 0) is 14.6 Å². The molecule has 0 saturated carbocycles. The van der Waals surface area contributed by atoms with Crippen molar-refractivity contribution >= 4 is 15.7 Å². The van der Waals surface area contributed by atoms with Crippen molar-refractivity contribution in [1.82, 2.24) is 9.88 Å². The maximum absolute atomic E-state index is 11.9. The van der Waals surface area contributed by atoms with E-state index in [-0.39, 0.29) is 0 Å². The smallest absolute Gasteiger partial charge is 0.179 e. The van der Waals surface area contributed by atoms with Crippen molar-refractivity contribution < 1.29 is 13.2 Å². The van der Waals surface area contributed by atoms with Gasteiger partial charge in [0.15, 0.2) is 9.84 Å². The number of rotatable bonds is 3. The molecule has 0 aromatic carbocycles. The Hall–Kier alpha value is -1.18. The summed E-state index contributed by atoms with van der Waals surface area (Å²) in [5.41, 5.74) is 0. The topological polar surface area (TPSA) is 62.7 Å². The Balaban J connectivity index is 1.77. The number of nitrogens with zero attached hydrogens (tertiary/aromatic N) is 3. The number of aromatic nitrogens is 1. The maximum atomic E-state index is 11.9. The molecule has 3 heterocycles. The normalized spacial score (nSPS) is 24.4.